The molecule has 0 radical (unpaired) electrons. The van der Waals surface area contributed by atoms with Crippen molar-refractivity contribution in [1.29, 1.82) is 0 Å². The molecule has 2 N–H and O–H groups in total. The average Bonchev–Trinajstić information content (AvgIpc) is 3.34. The van der Waals surface area contributed by atoms with Crippen LogP contribution in [-0.2, 0) is 16.6 Å². The molecule has 0 saturated carbocycles. The van der Waals surface area contributed by atoms with Gasteiger partial charge in [0.2, 0.25) is 5.69 Å². The van der Waals surface area contributed by atoms with Crippen molar-refractivity contribution in [2.24, 2.45) is 7.05 Å². The zero-order valence-corrected chi connectivity index (χ0v) is 19.0. The summed E-state index contributed by atoms with van der Waals surface area (Å²) in [5.41, 5.74) is -0.442. The fraction of sp³-hybridized carbons (Fsp3) is 0.375. The number of carbonyl (C=O) groups is 3. The largest absolute Gasteiger partial charge is 0.477 e. The summed E-state index contributed by atoms with van der Waals surface area (Å²) < 4.78 is 1.83. The van der Waals surface area contributed by atoms with E-state index in [0.717, 1.165) is 20.8 Å². The molecule has 4 heterocycles. The van der Waals surface area contributed by atoms with E-state index in [-0.39, 0.29) is 5.70 Å². The summed E-state index contributed by atoms with van der Waals surface area (Å²) in [4.78, 5) is 48.7. The van der Waals surface area contributed by atoms with E-state index < -0.39 is 45.5 Å². The van der Waals surface area contributed by atoms with Gasteiger partial charge >= 0.3 is 11.7 Å². The third kappa shape index (κ3) is 3.95. The summed E-state index contributed by atoms with van der Waals surface area (Å²) in [7, 11) is 1.43. The molecule has 1 saturated heterocycles. The molecular formula is C16H15N7O6S3. The highest BCUT2D eigenvalue weighted by molar-refractivity contribution is 8.01. The topological polar surface area (TPSA) is 173 Å². The van der Waals surface area contributed by atoms with Crippen molar-refractivity contribution < 1.29 is 24.4 Å². The minimum atomic E-state index is -1.24. The molecule has 13 nitrogen and oxygen atoms in total. The van der Waals surface area contributed by atoms with Crippen LogP contribution in [0.2, 0.25) is 0 Å². The number of carboxylic acid groups (broad SMARTS) is 1. The maximum atomic E-state index is 12.7. The number of aliphatic carboxylic acids is 1. The molecule has 32 heavy (non-hydrogen) atoms. The number of amides is 2. The molecule has 2 aromatic rings. The van der Waals surface area contributed by atoms with Crippen LogP contribution < -0.4 is 5.32 Å². The molecule has 2 atom stereocenters. The number of aromatic nitrogens is 4. The van der Waals surface area contributed by atoms with E-state index in [1.807, 2.05) is 6.92 Å². The fourth-order valence-corrected chi connectivity index (χ4v) is 6.56. The number of β-lactam (4-membered cyclic amide) rings is 1. The lowest BCUT2D eigenvalue weighted by Crippen LogP contribution is -2.70. The molecular weight excluding hydrogens is 482 g/mol. The van der Waals surface area contributed by atoms with Gasteiger partial charge in [-0.15, -0.1) is 22.0 Å². The first-order valence-corrected chi connectivity index (χ1v) is 11.8. The Balaban J connectivity index is 1.50. The Labute approximate surface area is 192 Å². The van der Waals surface area contributed by atoms with Crippen LogP contribution in [-0.4, -0.2) is 75.6 Å². The second-order valence-corrected chi connectivity index (χ2v) is 10.3. The van der Waals surface area contributed by atoms with Crippen LogP contribution >= 0.6 is 34.9 Å². The molecule has 2 aliphatic rings. The molecule has 4 rings (SSSR count). The van der Waals surface area contributed by atoms with Gasteiger partial charge in [0, 0.05) is 18.6 Å². The number of nitrogens with zero attached hydrogens (tertiary/aromatic N) is 6. The predicted molar refractivity (Wildman–Crippen MR) is 114 cm³/mol. The molecule has 0 aliphatic carbocycles. The second-order valence-electron chi connectivity index (χ2n) is 6.79. The molecule has 0 bridgehead atoms. The Morgan fingerprint density at radius 3 is 2.81 bits per heavy atom. The number of hydrogen-bond donors (Lipinski definition) is 2. The lowest BCUT2D eigenvalue weighted by molar-refractivity contribution is -0.385. The maximum Gasteiger partial charge on any atom is 0.352 e. The lowest BCUT2D eigenvalue weighted by atomic mass is 10.0. The number of aryl methyl sites for hydroxylation is 2. The van der Waals surface area contributed by atoms with E-state index in [1.165, 1.54) is 41.9 Å². The third-order valence-corrected chi connectivity index (χ3v) is 8.03. The zero-order chi connectivity index (χ0) is 23.2. The first-order valence-electron chi connectivity index (χ1n) is 8.99. The van der Waals surface area contributed by atoms with Crippen molar-refractivity contribution >= 4 is 58.3 Å². The molecule has 0 spiro atoms. The monoisotopic (exact) mass is 497 g/mol. The van der Waals surface area contributed by atoms with Gasteiger partial charge in [0.1, 0.15) is 28.3 Å². The predicted octanol–water partition coefficient (Wildman–Crippen LogP) is 0.633. The van der Waals surface area contributed by atoms with Crippen molar-refractivity contribution in [3.8, 4) is 0 Å². The van der Waals surface area contributed by atoms with E-state index in [2.05, 4.69) is 20.6 Å². The van der Waals surface area contributed by atoms with Crippen LogP contribution in [0.5, 0.6) is 0 Å². The van der Waals surface area contributed by atoms with E-state index in [0.29, 0.717) is 21.4 Å². The quantitative estimate of drug-likeness (QED) is 0.238. The molecule has 2 unspecified atom stereocenters. The molecule has 0 aromatic carbocycles. The molecule has 2 aliphatic heterocycles. The van der Waals surface area contributed by atoms with Crippen LogP contribution in [0.15, 0.2) is 21.8 Å². The van der Waals surface area contributed by atoms with Crippen molar-refractivity contribution in [1.82, 2.24) is 30.2 Å². The van der Waals surface area contributed by atoms with Gasteiger partial charge in [-0.25, -0.2) is 4.79 Å². The number of carbonyl (C=O) groups excluding carboxylic acids is 2. The van der Waals surface area contributed by atoms with Gasteiger partial charge < -0.3 is 10.4 Å². The zero-order valence-electron chi connectivity index (χ0n) is 16.5. The molecule has 168 valence electrons. The highest BCUT2D eigenvalue weighted by Gasteiger charge is 2.54. The maximum absolute atomic E-state index is 12.7. The van der Waals surface area contributed by atoms with Crippen molar-refractivity contribution in [3.63, 3.8) is 0 Å². The standard InChI is InChI=1S/C16H15N7O6S3/c1-6-18-19-16(32-6)31-5-7-4-30-14-10(13(25)22(14)11(7)15(26)27)17-12(24)9-8(23(28)29)3-21(2)20-9/h3,10,14H,4-5H2,1-2H3,(H,17,24)(H,26,27). The van der Waals surface area contributed by atoms with Gasteiger partial charge in [-0.2, -0.15) is 5.10 Å². The lowest BCUT2D eigenvalue weighted by Gasteiger charge is -2.49. The Morgan fingerprint density at radius 2 is 2.19 bits per heavy atom. The summed E-state index contributed by atoms with van der Waals surface area (Å²) in [6, 6.07) is -1.01. The number of rotatable bonds is 7. The van der Waals surface area contributed by atoms with Gasteiger partial charge in [0.25, 0.3) is 11.8 Å². The van der Waals surface area contributed by atoms with Crippen molar-refractivity contribution in [2.45, 2.75) is 22.7 Å². The van der Waals surface area contributed by atoms with Crippen LogP contribution in [0.25, 0.3) is 0 Å². The van der Waals surface area contributed by atoms with Gasteiger partial charge in [-0.3, -0.25) is 29.3 Å². The van der Waals surface area contributed by atoms with Crippen LogP contribution in [0, 0.1) is 17.0 Å². The second kappa shape index (κ2) is 8.51. The molecule has 16 heteroatoms. The Hall–Kier alpha value is -2.98. The molecule has 2 amide bonds. The molecule has 1 fully saturated rings. The van der Waals surface area contributed by atoms with E-state index in [4.69, 9.17) is 0 Å². The van der Waals surface area contributed by atoms with E-state index in [9.17, 15) is 29.6 Å². The summed E-state index contributed by atoms with van der Waals surface area (Å²) in [6.07, 6.45) is 1.09. The number of nitro groups is 1. The number of thioether (sulfide) groups is 2. The van der Waals surface area contributed by atoms with Gasteiger partial charge in [-0.05, 0) is 12.5 Å². The Morgan fingerprint density at radius 1 is 1.44 bits per heavy atom. The highest BCUT2D eigenvalue weighted by Crippen LogP contribution is 2.42. The summed E-state index contributed by atoms with van der Waals surface area (Å²) in [6.45, 7) is 1.82. The third-order valence-electron chi connectivity index (χ3n) is 4.64. The number of hydrogen-bond acceptors (Lipinski definition) is 11. The minimum absolute atomic E-state index is 0.109. The number of nitrogens with one attached hydrogen (secondary N) is 1. The van der Waals surface area contributed by atoms with E-state index in [1.54, 1.807) is 0 Å². The van der Waals surface area contributed by atoms with Crippen LogP contribution in [0.4, 0.5) is 5.69 Å². The van der Waals surface area contributed by atoms with Gasteiger partial charge in [0.15, 0.2) is 4.34 Å². The number of carboxylic acids is 1. The fourth-order valence-electron chi connectivity index (χ4n) is 3.26. The summed E-state index contributed by atoms with van der Waals surface area (Å²) in [5.74, 6) is -2.03. The Bertz CT molecular complexity index is 1170. The highest BCUT2D eigenvalue weighted by atomic mass is 32.2. The van der Waals surface area contributed by atoms with Crippen molar-refractivity contribution in [3.05, 3.63) is 38.3 Å². The SMILES string of the molecule is Cc1nnc(SCC2=C(C(=O)O)N3C(=O)C(NC(=O)c4nn(C)cc4[N+](=O)[O-])C3SC2)s1. The van der Waals surface area contributed by atoms with Crippen LogP contribution in [0.1, 0.15) is 15.5 Å². The number of fused-ring (bicyclic) bond motifs is 1. The summed E-state index contributed by atoms with van der Waals surface area (Å²) >= 11 is 4.04. The van der Waals surface area contributed by atoms with Crippen molar-refractivity contribution in [2.75, 3.05) is 11.5 Å². The smallest absolute Gasteiger partial charge is 0.352 e. The Kier molecular flexibility index (Phi) is 5.91. The first-order chi connectivity index (χ1) is 15.2. The van der Waals surface area contributed by atoms with E-state index >= 15 is 0 Å². The van der Waals surface area contributed by atoms with Gasteiger partial charge in [-0.1, -0.05) is 23.1 Å². The van der Waals surface area contributed by atoms with Crippen LogP contribution in [0.3, 0.4) is 0 Å². The normalized spacial score (nSPS) is 20.1. The molecule has 2 aromatic heterocycles. The first kappa shape index (κ1) is 22.2. The average molecular weight is 498 g/mol. The van der Waals surface area contributed by atoms with Gasteiger partial charge in [0.05, 0.1) is 4.92 Å². The minimum Gasteiger partial charge on any atom is -0.477 e. The summed E-state index contributed by atoms with van der Waals surface area (Å²) in [5, 5.41) is 35.2.